The number of halogens is 1. The van der Waals surface area contributed by atoms with E-state index in [4.69, 9.17) is 0 Å². The molecule has 1 amide bonds. The molecule has 1 heterocycles. The van der Waals surface area contributed by atoms with Gasteiger partial charge in [0.05, 0.1) is 6.54 Å². The van der Waals surface area contributed by atoms with Gasteiger partial charge >= 0.3 is 0 Å². The number of hydrogen-bond acceptors (Lipinski definition) is 3. The summed E-state index contributed by atoms with van der Waals surface area (Å²) in [4.78, 5) is 14.3. The van der Waals surface area contributed by atoms with E-state index in [0.29, 0.717) is 12.5 Å². The van der Waals surface area contributed by atoms with Crippen LogP contribution in [-0.2, 0) is 11.2 Å². The molecule has 118 valence electrons. The second-order valence-corrected chi connectivity index (χ2v) is 5.55. The van der Waals surface area contributed by atoms with Crippen molar-refractivity contribution in [2.24, 2.45) is 5.92 Å². The highest BCUT2D eigenvalue weighted by molar-refractivity contribution is 5.92. The predicted octanol–water partition coefficient (Wildman–Crippen LogP) is 2.15. The third kappa shape index (κ3) is 5.65. The molecule has 2 rings (SSSR count). The van der Waals surface area contributed by atoms with E-state index in [0.717, 1.165) is 31.7 Å². The zero-order valence-corrected chi connectivity index (χ0v) is 13.7. The second kappa shape index (κ2) is 9.03. The molecule has 0 radical (unpaired) electrons. The minimum atomic E-state index is 0. The van der Waals surface area contributed by atoms with Gasteiger partial charge in [0.15, 0.2) is 0 Å². The second-order valence-electron chi connectivity index (χ2n) is 5.55. The number of carbonyl (C=O) groups excluding carboxylic acids is 1. The van der Waals surface area contributed by atoms with Crippen LogP contribution in [0.2, 0.25) is 0 Å². The maximum atomic E-state index is 12.0. The van der Waals surface area contributed by atoms with Gasteiger partial charge in [0.1, 0.15) is 0 Å². The Balaban J connectivity index is 0.00000220. The molecular formula is C16H26ClN3O. The number of hydrogen-bond donors (Lipinski definition) is 2. The van der Waals surface area contributed by atoms with Crippen molar-refractivity contribution in [2.45, 2.75) is 19.8 Å². The van der Waals surface area contributed by atoms with Crippen molar-refractivity contribution in [1.29, 1.82) is 0 Å². The number of carbonyl (C=O) groups is 1. The van der Waals surface area contributed by atoms with E-state index < -0.39 is 0 Å². The number of likely N-dealkylation sites (tertiary alicyclic amines) is 1. The summed E-state index contributed by atoms with van der Waals surface area (Å²) in [6.45, 7) is 5.70. The third-order valence-corrected chi connectivity index (χ3v) is 3.88. The Morgan fingerprint density at radius 3 is 2.67 bits per heavy atom. The number of nitrogens with one attached hydrogen (secondary N) is 2. The smallest absolute Gasteiger partial charge is 0.238 e. The SMILES string of the molecule is CCc1ccc(NC(=O)CN2CCC(CNC)C2)cc1.Cl. The van der Waals surface area contributed by atoms with Crippen LogP contribution in [0.15, 0.2) is 24.3 Å². The molecule has 21 heavy (non-hydrogen) atoms. The van der Waals surface area contributed by atoms with Crippen LogP contribution in [0.5, 0.6) is 0 Å². The topological polar surface area (TPSA) is 44.4 Å². The number of amides is 1. The molecule has 1 atom stereocenters. The van der Waals surface area contributed by atoms with Crippen LogP contribution in [0, 0.1) is 5.92 Å². The molecule has 1 aromatic carbocycles. The maximum Gasteiger partial charge on any atom is 0.238 e. The predicted molar refractivity (Wildman–Crippen MR) is 90.2 cm³/mol. The van der Waals surface area contributed by atoms with E-state index in [2.05, 4.69) is 34.6 Å². The van der Waals surface area contributed by atoms with Crippen molar-refractivity contribution in [3.05, 3.63) is 29.8 Å². The lowest BCUT2D eigenvalue weighted by molar-refractivity contribution is -0.117. The fraction of sp³-hybridized carbons (Fsp3) is 0.562. The Bertz CT molecular complexity index is 436. The Kier molecular flexibility index (Phi) is 7.72. The lowest BCUT2D eigenvalue weighted by Gasteiger charge is -2.15. The summed E-state index contributed by atoms with van der Waals surface area (Å²) < 4.78 is 0. The summed E-state index contributed by atoms with van der Waals surface area (Å²) in [5, 5.41) is 6.18. The first-order valence-electron chi connectivity index (χ1n) is 7.47. The van der Waals surface area contributed by atoms with E-state index in [1.807, 2.05) is 19.2 Å². The van der Waals surface area contributed by atoms with Crippen molar-refractivity contribution in [2.75, 3.05) is 38.5 Å². The fourth-order valence-electron chi connectivity index (χ4n) is 2.74. The van der Waals surface area contributed by atoms with Gasteiger partial charge in [-0.05, 0) is 56.6 Å². The van der Waals surface area contributed by atoms with E-state index in [9.17, 15) is 4.79 Å². The molecule has 1 aliphatic rings. The monoisotopic (exact) mass is 311 g/mol. The molecule has 1 saturated heterocycles. The van der Waals surface area contributed by atoms with Gasteiger partial charge in [0, 0.05) is 12.2 Å². The molecule has 0 aliphatic carbocycles. The first kappa shape index (κ1) is 18.0. The zero-order valence-electron chi connectivity index (χ0n) is 12.9. The summed E-state index contributed by atoms with van der Waals surface area (Å²) in [6, 6.07) is 8.08. The van der Waals surface area contributed by atoms with Crippen molar-refractivity contribution in [3.8, 4) is 0 Å². The largest absolute Gasteiger partial charge is 0.325 e. The van der Waals surface area contributed by atoms with Gasteiger partial charge in [-0.2, -0.15) is 0 Å². The number of rotatable bonds is 6. The van der Waals surface area contributed by atoms with Gasteiger partial charge in [-0.3, -0.25) is 9.69 Å². The lowest BCUT2D eigenvalue weighted by atomic mass is 10.1. The average Bonchev–Trinajstić information content (AvgIpc) is 2.87. The first-order chi connectivity index (χ1) is 9.71. The van der Waals surface area contributed by atoms with E-state index in [1.54, 1.807) is 0 Å². The van der Waals surface area contributed by atoms with Gasteiger partial charge in [0.2, 0.25) is 5.91 Å². The summed E-state index contributed by atoms with van der Waals surface area (Å²) in [7, 11) is 1.98. The van der Waals surface area contributed by atoms with E-state index in [-0.39, 0.29) is 18.3 Å². The van der Waals surface area contributed by atoms with Gasteiger partial charge in [0.25, 0.3) is 0 Å². The molecule has 0 aromatic heterocycles. The van der Waals surface area contributed by atoms with Crippen LogP contribution >= 0.6 is 12.4 Å². The number of aryl methyl sites for hydroxylation is 1. The average molecular weight is 312 g/mol. The number of benzene rings is 1. The highest BCUT2D eigenvalue weighted by atomic mass is 35.5. The Labute approximate surface area is 133 Å². The van der Waals surface area contributed by atoms with Crippen molar-refractivity contribution in [3.63, 3.8) is 0 Å². The molecule has 0 saturated carbocycles. The summed E-state index contributed by atoms with van der Waals surface area (Å²) in [5.74, 6) is 0.760. The molecule has 1 aromatic rings. The van der Waals surface area contributed by atoms with Crippen LogP contribution in [0.4, 0.5) is 5.69 Å². The molecule has 5 heteroatoms. The molecule has 1 unspecified atom stereocenters. The molecule has 0 spiro atoms. The standard InChI is InChI=1S/C16H25N3O.ClH/c1-3-13-4-6-15(7-5-13)18-16(20)12-19-9-8-14(11-19)10-17-2;/h4-7,14,17H,3,8-12H2,1-2H3,(H,18,20);1H. The lowest BCUT2D eigenvalue weighted by Crippen LogP contribution is -2.32. The number of nitrogens with zero attached hydrogens (tertiary/aromatic N) is 1. The van der Waals surface area contributed by atoms with E-state index in [1.165, 1.54) is 12.0 Å². The van der Waals surface area contributed by atoms with E-state index >= 15 is 0 Å². The van der Waals surface area contributed by atoms with Crippen molar-refractivity contribution in [1.82, 2.24) is 10.2 Å². The minimum absolute atomic E-state index is 0. The summed E-state index contributed by atoms with van der Waals surface area (Å²) >= 11 is 0. The molecule has 0 bridgehead atoms. The Morgan fingerprint density at radius 2 is 2.05 bits per heavy atom. The van der Waals surface area contributed by atoms with Crippen LogP contribution in [0.25, 0.3) is 0 Å². The van der Waals surface area contributed by atoms with Gasteiger partial charge in [-0.1, -0.05) is 19.1 Å². The molecular weight excluding hydrogens is 286 g/mol. The van der Waals surface area contributed by atoms with Crippen LogP contribution in [0.3, 0.4) is 0 Å². The zero-order chi connectivity index (χ0) is 14.4. The fourth-order valence-corrected chi connectivity index (χ4v) is 2.74. The van der Waals surface area contributed by atoms with Crippen LogP contribution in [0.1, 0.15) is 18.9 Å². The Morgan fingerprint density at radius 1 is 1.33 bits per heavy atom. The molecule has 1 fully saturated rings. The molecule has 4 nitrogen and oxygen atoms in total. The van der Waals surface area contributed by atoms with Crippen molar-refractivity contribution < 1.29 is 4.79 Å². The number of anilines is 1. The summed E-state index contributed by atoms with van der Waals surface area (Å²) in [5.41, 5.74) is 2.18. The first-order valence-corrected chi connectivity index (χ1v) is 7.47. The minimum Gasteiger partial charge on any atom is -0.325 e. The highest BCUT2D eigenvalue weighted by Gasteiger charge is 2.23. The Hall–Kier alpha value is -1.10. The van der Waals surface area contributed by atoms with Crippen LogP contribution in [-0.4, -0.2) is 44.0 Å². The molecule has 2 N–H and O–H groups in total. The van der Waals surface area contributed by atoms with Gasteiger partial charge in [-0.15, -0.1) is 12.4 Å². The normalized spacial score (nSPS) is 18.3. The third-order valence-electron chi connectivity index (χ3n) is 3.88. The van der Waals surface area contributed by atoms with Crippen LogP contribution < -0.4 is 10.6 Å². The molecule has 1 aliphatic heterocycles. The quantitative estimate of drug-likeness (QED) is 0.846. The van der Waals surface area contributed by atoms with Crippen molar-refractivity contribution >= 4 is 24.0 Å². The highest BCUT2D eigenvalue weighted by Crippen LogP contribution is 2.15. The summed E-state index contributed by atoms with van der Waals surface area (Å²) in [6.07, 6.45) is 2.20. The maximum absolute atomic E-state index is 12.0. The van der Waals surface area contributed by atoms with Gasteiger partial charge in [-0.25, -0.2) is 0 Å². The van der Waals surface area contributed by atoms with Gasteiger partial charge < -0.3 is 10.6 Å².